The number of nitro groups is 1. The summed E-state index contributed by atoms with van der Waals surface area (Å²) in [4.78, 5) is 24.8. The highest BCUT2D eigenvalue weighted by Crippen LogP contribution is 2.40. The summed E-state index contributed by atoms with van der Waals surface area (Å²) in [5.41, 5.74) is 0.386. The third kappa shape index (κ3) is 3.61. The van der Waals surface area contributed by atoms with E-state index in [0.29, 0.717) is 17.8 Å². The number of carbonyl (C=O) groups is 1. The van der Waals surface area contributed by atoms with Crippen LogP contribution in [0.2, 0.25) is 0 Å². The number of aliphatic hydroxyl groups is 1. The summed E-state index contributed by atoms with van der Waals surface area (Å²) < 4.78 is 0. The minimum absolute atomic E-state index is 0.0485. The van der Waals surface area contributed by atoms with Crippen molar-refractivity contribution in [2.24, 2.45) is 5.41 Å². The molecule has 0 atom stereocenters. The maximum absolute atomic E-state index is 12.5. The van der Waals surface area contributed by atoms with Crippen LogP contribution in [0.4, 0.5) is 11.4 Å². The van der Waals surface area contributed by atoms with Gasteiger partial charge in [0.2, 0.25) is 5.91 Å². The van der Waals surface area contributed by atoms with Gasteiger partial charge in [0.1, 0.15) is 5.69 Å². The molecule has 2 rings (SSSR count). The van der Waals surface area contributed by atoms with Gasteiger partial charge >= 0.3 is 0 Å². The number of amides is 1. The molecule has 1 fully saturated rings. The normalized spacial score (nSPS) is 16.1. The largest absolute Gasteiger partial charge is 0.392 e. The molecule has 0 aliphatic heterocycles. The van der Waals surface area contributed by atoms with Gasteiger partial charge in [-0.3, -0.25) is 14.9 Å². The van der Waals surface area contributed by atoms with Crippen molar-refractivity contribution in [2.75, 3.05) is 26.0 Å². The predicted octanol–water partition coefficient (Wildman–Crippen LogP) is 2.15. The van der Waals surface area contributed by atoms with Gasteiger partial charge in [0.15, 0.2) is 0 Å². The first-order valence-corrected chi connectivity index (χ1v) is 7.73. The summed E-state index contributed by atoms with van der Waals surface area (Å²) in [7, 11) is 3.47. The number of carbonyl (C=O) groups excluding carboxylic acids is 1. The minimum Gasteiger partial charge on any atom is -0.392 e. The molecule has 1 aromatic carbocycles. The number of rotatable bonds is 6. The summed E-state index contributed by atoms with van der Waals surface area (Å²) in [5.74, 6) is 0.0588. The van der Waals surface area contributed by atoms with Crippen LogP contribution >= 0.6 is 0 Å². The van der Waals surface area contributed by atoms with E-state index in [-0.39, 0.29) is 18.2 Å². The zero-order valence-electron chi connectivity index (χ0n) is 13.5. The van der Waals surface area contributed by atoms with Gasteiger partial charge in [-0.05, 0) is 30.5 Å². The van der Waals surface area contributed by atoms with Gasteiger partial charge in [-0.2, -0.15) is 0 Å². The average Bonchev–Trinajstić information content (AvgIpc) is 3.01. The number of nitro benzene ring substituents is 1. The lowest BCUT2D eigenvalue weighted by Gasteiger charge is -2.31. The molecule has 1 aliphatic rings. The maximum Gasteiger partial charge on any atom is 0.292 e. The fourth-order valence-corrected chi connectivity index (χ4v) is 3.24. The lowest BCUT2D eigenvalue weighted by molar-refractivity contribution is -0.384. The maximum atomic E-state index is 12.5. The smallest absolute Gasteiger partial charge is 0.292 e. The Labute approximate surface area is 135 Å². The third-order valence-corrected chi connectivity index (χ3v) is 4.48. The number of aliphatic hydroxyl groups excluding tert-OH is 1. The molecule has 0 bridgehead atoms. The lowest BCUT2D eigenvalue weighted by Crippen LogP contribution is -2.43. The SMILES string of the molecule is CN(C)C(=O)C1(CNc2cc(CO)ccc2[N+](=O)[O-])CCCC1. The number of nitrogens with zero attached hydrogens (tertiary/aromatic N) is 2. The van der Waals surface area contributed by atoms with Crippen molar-refractivity contribution >= 4 is 17.3 Å². The highest BCUT2D eigenvalue weighted by atomic mass is 16.6. The van der Waals surface area contributed by atoms with Crippen molar-refractivity contribution in [2.45, 2.75) is 32.3 Å². The van der Waals surface area contributed by atoms with Crippen molar-refractivity contribution in [3.8, 4) is 0 Å². The van der Waals surface area contributed by atoms with Crippen molar-refractivity contribution in [3.63, 3.8) is 0 Å². The molecule has 2 N–H and O–H groups in total. The fourth-order valence-electron chi connectivity index (χ4n) is 3.24. The van der Waals surface area contributed by atoms with Crippen LogP contribution in [0.5, 0.6) is 0 Å². The van der Waals surface area contributed by atoms with Gasteiger partial charge in [-0.1, -0.05) is 12.8 Å². The molecule has 0 heterocycles. The van der Waals surface area contributed by atoms with Crippen LogP contribution in [0.25, 0.3) is 0 Å². The van der Waals surface area contributed by atoms with Crippen molar-refractivity contribution in [1.29, 1.82) is 0 Å². The lowest BCUT2D eigenvalue weighted by atomic mass is 9.84. The van der Waals surface area contributed by atoms with E-state index < -0.39 is 10.3 Å². The van der Waals surface area contributed by atoms with Gasteiger partial charge in [0.05, 0.1) is 16.9 Å². The van der Waals surface area contributed by atoms with Crippen molar-refractivity contribution in [3.05, 3.63) is 33.9 Å². The quantitative estimate of drug-likeness (QED) is 0.618. The zero-order chi connectivity index (χ0) is 17.0. The van der Waals surface area contributed by atoms with E-state index in [1.165, 1.54) is 12.1 Å². The van der Waals surface area contributed by atoms with E-state index >= 15 is 0 Å². The molecule has 7 heteroatoms. The Kier molecular flexibility index (Phi) is 5.20. The summed E-state index contributed by atoms with van der Waals surface area (Å²) in [6.45, 7) is 0.175. The Hall–Kier alpha value is -2.15. The highest BCUT2D eigenvalue weighted by Gasteiger charge is 2.42. The molecule has 1 aliphatic carbocycles. The first-order chi connectivity index (χ1) is 10.9. The van der Waals surface area contributed by atoms with E-state index in [1.54, 1.807) is 25.1 Å². The number of hydrogen-bond acceptors (Lipinski definition) is 5. The molecule has 0 saturated heterocycles. The molecule has 1 aromatic rings. The fraction of sp³-hybridized carbons (Fsp3) is 0.562. The molecule has 0 unspecified atom stereocenters. The molecular weight excluding hydrogens is 298 g/mol. The topological polar surface area (TPSA) is 95.7 Å². The first-order valence-electron chi connectivity index (χ1n) is 7.73. The molecule has 126 valence electrons. The van der Waals surface area contributed by atoms with E-state index in [0.717, 1.165) is 25.7 Å². The van der Waals surface area contributed by atoms with Crippen molar-refractivity contribution in [1.82, 2.24) is 4.90 Å². The number of nitrogens with one attached hydrogen (secondary N) is 1. The Morgan fingerprint density at radius 3 is 2.57 bits per heavy atom. The molecule has 7 nitrogen and oxygen atoms in total. The molecule has 1 saturated carbocycles. The molecule has 23 heavy (non-hydrogen) atoms. The highest BCUT2D eigenvalue weighted by molar-refractivity contribution is 5.83. The Balaban J connectivity index is 2.24. The average molecular weight is 321 g/mol. The number of anilines is 1. The predicted molar refractivity (Wildman–Crippen MR) is 87.1 cm³/mol. The van der Waals surface area contributed by atoms with Gasteiger partial charge < -0.3 is 15.3 Å². The number of hydrogen-bond donors (Lipinski definition) is 2. The summed E-state index contributed by atoms with van der Waals surface area (Å²) >= 11 is 0. The Bertz CT molecular complexity index is 595. The Morgan fingerprint density at radius 2 is 2.04 bits per heavy atom. The number of benzene rings is 1. The van der Waals surface area contributed by atoms with Gasteiger partial charge in [-0.25, -0.2) is 0 Å². The van der Waals surface area contributed by atoms with Crippen LogP contribution in [0, 0.1) is 15.5 Å². The van der Waals surface area contributed by atoms with Gasteiger partial charge in [-0.15, -0.1) is 0 Å². The summed E-state index contributed by atoms with van der Waals surface area (Å²) in [6.07, 6.45) is 3.54. The first kappa shape index (κ1) is 17.2. The van der Waals surface area contributed by atoms with Crippen LogP contribution in [0.1, 0.15) is 31.2 Å². The zero-order valence-corrected chi connectivity index (χ0v) is 13.5. The van der Waals surface area contributed by atoms with Crippen LogP contribution < -0.4 is 5.32 Å². The third-order valence-electron chi connectivity index (χ3n) is 4.48. The van der Waals surface area contributed by atoms with Crippen LogP contribution in [-0.2, 0) is 11.4 Å². The minimum atomic E-state index is -0.507. The van der Waals surface area contributed by atoms with E-state index in [1.807, 2.05) is 0 Å². The van der Waals surface area contributed by atoms with E-state index in [2.05, 4.69) is 5.32 Å². The molecule has 0 spiro atoms. The van der Waals surface area contributed by atoms with Crippen LogP contribution in [0.3, 0.4) is 0 Å². The Morgan fingerprint density at radius 1 is 1.39 bits per heavy atom. The summed E-state index contributed by atoms with van der Waals surface area (Å²) in [6, 6.07) is 4.48. The van der Waals surface area contributed by atoms with Gasteiger partial charge in [0.25, 0.3) is 5.69 Å². The van der Waals surface area contributed by atoms with E-state index in [4.69, 9.17) is 0 Å². The summed E-state index contributed by atoms with van der Waals surface area (Å²) in [5, 5.41) is 23.5. The monoisotopic (exact) mass is 321 g/mol. The van der Waals surface area contributed by atoms with Gasteiger partial charge in [0, 0.05) is 26.7 Å². The van der Waals surface area contributed by atoms with Crippen LogP contribution in [0.15, 0.2) is 18.2 Å². The standard InChI is InChI=1S/C16H23N3O4/c1-18(2)15(21)16(7-3-4-8-16)11-17-13-9-12(10-20)5-6-14(13)19(22)23/h5-6,9,17,20H,3-4,7-8,10-11H2,1-2H3. The second kappa shape index (κ2) is 6.95. The molecule has 0 aromatic heterocycles. The van der Waals surface area contributed by atoms with Crippen molar-refractivity contribution < 1.29 is 14.8 Å². The van der Waals surface area contributed by atoms with E-state index in [9.17, 15) is 20.0 Å². The van der Waals surface area contributed by atoms with Crippen LogP contribution in [-0.4, -0.2) is 41.5 Å². The molecule has 0 radical (unpaired) electrons. The second-order valence-corrected chi connectivity index (χ2v) is 6.31. The molecular formula is C16H23N3O4. The second-order valence-electron chi connectivity index (χ2n) is 6.31. The molecule has 1 amide bonds.